The number of nitrogens with zero attached hydrogens (tertiary/aromatic N) is 3. The summed E-state index contributed by atoms with van der Waals surface area (Å²) < 4.78 is 1.53. The zero-order valence-electron chi connectivity index (χ0n) is 18.8. The van der Waals surface area contributed by atoms with E-state index in [4.69, 9.17) is 11.6 Å². The van der Waals surface area contributed by atoms with Crippen LogP contribution < -0.4 is 5.56 Å². The molecule has 0 saturated heterocycles. The summed E-state index contributed by atoms with van der Waals surface area (Å²) in [5.74, 6) is 0.0903. The third-order valence-electron chi connectivity index (χ3n) is 6.72. The predicted octanol–water partition coefficient (Wildman–Crippen LogP) is 4.73. The maximum atomic E-state index is 13.2. The number of hydrogen-bond acceptors (Lipinski definition) is 3. The van der Waals surface area contributed by atoms with Gasteiger partial charge in [-0.1, -0.05) is 17.7 Å². The number of carbonyl (C=O) groups excluding carboxylic acids is 1. The lowest BCUT2D eigenvalue weighted by Gasteiger charge is -2.25. The van der Waals surface area contributed by atoms with Gasteiger partial charge in [-0.15, -0.1) is 0 Å². The molecular weight excluding hydrogens is 450 g/mol. The van der Waals surface area contributed by atoms with E-state index in [9.17, 15) is 9.59 Å². The lowest BCUT2D eigenvalue weighted by atomic mass is 9.97. The van der Waals surface area contributed by atoms with Crippen LogP contribution in [0.5, 0.6) is 0 Å². The van der Waals surface area contributed by atoms with Crippen LogP contribution in [0, 0.1) is 6.92 Å². The average Bonchev–Trinajstić information content (AvgIpc) is 3.36. The topological polar surface area (TPSA) is 86.8 Å². The molecule has 8 heteroatoms. The van der Waals surface area contributed by atoms with Crippen LogP contribution in [0.1, 0.15) is 23.9 Å². The molecule has 2 aromatic carbocycles. The maximum Gasteiger partial charge on any atom is 0.280 e. The molecule has 5 aromatic rings. The van der Waals surface area contributed by atoms with Gasteiger partial charge in [0.15, 0.2) is 0 Å². The Bertz CT molecular complexity index is 1660. The standard InChI is InChI=1S/C26H22ClN5O2/c1-14-24(25-21(12-28-14)26(34)32(30-25)18-6-4-17(27)5-7-18)16-3-8-22-20(11-16)19-9-10-31(15(2)33)13-23(19)29-22/h3-8,11-12,29-30H,9-10,13H2,1-2H3. The largest absolute Gasteiger partial charge is 0.357 e. The van der Waals surface area contributed by atoms with Crippen molar-refractivity contribution in [2.24, 2.45) is 0 Å². The van der Waals surface area contributed by atoms with E-state index in [1.165, 1.54) is 10.2 Å². The van der Waals surface area contributed by atoms with Crippen LogP contribution in [-0.4, -0.2) is 37.1 Å². The molecule has 34 heavy (non-hydrogen) atoms. The Morgan fingerprint density at radius 3 is 2.68 bits per heavy atom. The van der Waals surface area contributed by atoms with Gasteiger partial charge in [-0.2, -0.15) is 0 Å². The second kappa shape index (κ2) is 7.60. The van der Waals surface area contributed by atoms with Crippen molar-refractivity contribution in [2.75, 3.05) is 6.54 Å². The van der Waals surface area contributed by atoms with Gasteiger partial charge in [0.1, 0.15) is 0 Å². The summed E-state index contributed by atoms with van der Waals surface area (Å²) in [5, 5.41) is 5.59. The minimum Gasteiger partial charge on any atom is -0.357 e. The number of hydrogen-bond donors (Lipinski definition) is 2. The lowest BCUT2D eigenvalue weighted by molar-refractivity contribution is -0.129. The van der Waals surface area contributed by atoms with Crippen molar-refractivity contribution in [3.05, 3.63) is 81.0 Å². The van der Waals surface area contributed by atoms with E-state index in [-0.39, 0.29) is 11.5 Å². The van der Waals surface area contributed by atoms with Crippen LogP contribution in [0.2, 0.25) is 5.02 Å². The molecule has 0 bridgehead atoms. The summed E-state index contributed by atoms with van der Waals surface area (Å²) in [7, 11) is 0. The van der Waals surface area contributed by atoms with Crippen molar-refractivity contribution in [1.82, 2.24) is 24.6 Å². The first-order chi connectivity index (χ1) is 16.4. The Morgan fingerprint density at radius 2 is 1.91 bits per heavy atom. The average molecular weight is 472 g/mol. The molecule has 1 aliphatic rings. The van der Waals surface area contributed by atoms with Crippen LogP contribution in [0.4, 0.5) is 0 Å². The molecule has 0 aliphatic carbocycles. The molecule has 6 rings (SSSR count). The van der Waals surface area contributed by atoms with Gasteiger partial charge in [0.05, 0.1) is 23.1 Å². The zero-order valence-corrected chi connectivity index (χ0v) is 19.5. The number of amides is 1. The molecule has 1 amide bonds. The highest BCUT2D eigenvalue weighted by Gasteiger charge is 2.23. The van der Waals surface area contributed by atoms with Crippen molar-refractivity contribution in [2.45, 2.75) is 26.8 Å². The molecule has 0 unspecified atom stereocenters. The van der Waals surface area contributed by atoms with Crippen molar-refractivity contribution in [3.8, 4) is 16.8 Å². The number of aromatic amines is 2. The molecule has 4 heterocycles. The maximum absolute atomic E-state index is 13.2. The minimum atomic E-state index is -0.157. The summed E-state index contributed by atoms with van der Waals surface area (Å²) in [6, 6.07) is 13.4. The number of aromatic nitrogens is 4. The predicted molar refractivity (Wildman–Crippen MR) is 134 cm³/mol. The highest BCUT2D eigenvalue weighted by Crippen LogP contribution is 2.34. The van der Waals surface area contributed by atoms with Crippen molar-refractivity contribution in [1.29, 1.82) is 0 Å². The molecule has 170 valence electrons. The number of pyridine rings is 1. The Morgan fingerprint density at radius 1 is 1.12 bits per heavy atom. The van der Waals surface area contributed by atoms with E-state index in [1.54, 1.807) is 25.3 Å². The number of rotatable bonds is 2. The first-order valence-electron chi connectivity index (χ1n) is 11.2. The van der Waals surface area contributed by atoms with Gasteiger partial charge in [-0.25, -0.2) is 4.68 Å². The number of benzene rings is 2. The minimum absolute atomic E-state index is 0.0903. The summed E-state index contributed by atoms with van der Waals surface area (Å²) in [4.78, 5) is 34.9. The van der Waals surface area contributed by atoms with E-state index >= 15 is 0 Å². The van der Waals surface area contributed by atoms with Crippen LogP contribution in [-0.2, 0) is 17.8 Å². The molecule has 7 nitrogen and oxygen atoms in total. The quantitative estimate of drug-likeness (QED) is 0.390. The summed E-state index contributed by atoms with van der Waals surface area (Å²) >= 11 is 6.03. The van der Waals surface area contributed by atoms with E-state index in [0.717, 1.165) is 45.4 Å². The molecule has 0 spiro atoms. The van der Waals surface area contributed by atoms with Crippen molar-refractivity contribution >= 4 is 39.3 Å². The number of H-pyrrole nitrogens is 2. The van der Waals surface area contributed by atoms with Gasteiger partial charge in [0, 0.05) is 52.5 Å². The number of nitrogens with one attached hydrogen (secondary N) is 2. The fourth-order valence-electron chi connectivity index (χ4n) is 4.96. The van der Waals surface area contributed by atoms with Crippen molar-refractivity contribution in [3.63, 3.8) is 0 Å². The molecule has 3 aromatic heterocycles. The molecule has 0 fully saturated rings. The molecule has 0 atom stereocenters. The Kier molecular flexibility index (Phi) is 4.64. The molecule has 2 N–H and O–H groups in total. The van der Waals surface area contributed by atoms with Crippen LogP contribution in [0.15, 0.2) is 53.5 Å². The van der Waals surface area contributed by atoms with Gasteiger partial charge in [0.25, 0.3) is 5.56 Å². The summed E-state index contributed by atoms with van der Waals surface area (Å²) in [5.41, 5.74) is 7.41. The van der Waals surface area contributed by atoms with E-state index in [1.807, 2.05) is 24.0 Å². The van der Waals surface area contributed by atoms with Crippen LogP contribution in [0.25, 0.3) is 38.6 Å². The summed E-state index contributed by atoms with van der Waals surface area (Å²) in [6.45, 7) is 4.88. The normalized spacial score (nSPS) is 13.6. The first kappa shape index (κ1) is 20.7. The third-order valence-corrected chi connectivity index (χ3v) is 6.97. The van der Waals surface area contributed by atoms with Gasteiger partial charge >= 0.3 is 0 Å². The van der Waals surface area contributed by atoms with E-state index < -0.39 is 0 Å². The molecule has 0 saturated carbocycles. The second-order valence-electron chi connectivity index (χ2n) is 8.77. The highest BCUT2D eigenvalue weighted by atomic mass is 35.5. The van der Waals surface area contributed by atoms with E-state index in [2.05, 4.69) is 33.3 Å². The Balaban J connectivity index is 1.52. The van der Waals surface area contributed by atoms with E-state index in [0.29, 0.717) is 29.2 Å². The number of aryl methyl sites for hydroxylation is 1. The molecular formula is C26H22ClN5O2. The number of carbonyl (C=O) groups is 1. The molecule has 1 aliphatic heterocycles. The summed E-state index contributed by atoms with van der Waals surface area (Å²) in [6.07, 6.45) is 2.44. The monoisotopic (exact) mass is 471 g/mol. The Hall–Kier alpha value is -3.84. The van der Waals surface area contributed by atoms with Gasteiger partial charge in [-0.05, 0) is 60.9 Å². The lowest BCUT2D eigenvalue weighted by Crippen LogP contribution is -2.34. The second-order valence-corrected chi connectivity index (χ2v) is 9.21. The van der Waals surface area contributed by atoms with Gasteiger partial charge < -0.3 is 9.88 Å². The molecule has 0 radical (unpaired) electrons. The van der Waals surface area contributed by atoms with Crippen LogP contribution in [0.3, 0.4) is 0 Å². The van der Waals surface area contributed by atoms with Crippen LogP contribution >= 0.6 is 11.6 Å². The zero-order chi connectivity index (χ0) is 23.6. The SMILES string of the molecule is CC(=O)N1CCc2c([nH]c3ccc(-c4c(C)ncc5c(=O)n(-c6ccc(Cl)cc6)[nH]c45)cc23)C1. The smallest absolute Gasteiger partial charge is 0.280 e. The first-order valence-corrected chi connectivity index (χ1v) is 11.5. The highest BCUT2D eigenvalue weighted by molar-refractivity contribution is 6.30. The number of fused-ring (bicyclic) bond motifs is 4. The number of halogens is 1. The van der Waals surface area contributed by atoms with Gasteiger partial charge in [-0.3, -0.25) is 19.7 Å². The fraction of sp³-hybridized carbons (Fsp3) is 0.192. The van der Waals surface area contributed by atoms with Crippen molar-refractivity contribution < 1.29 is 4.79 Å². The Labute approximate surface area is 200 Å². The fourth-order valence-corrected chi connectivity index (χ4v) is 5.08. The third kappa shape index (κ3) is 3.15. The van der Waals surface area contributed by atoms with Gasteiger partial charge in [0.2, 0.25) is 5.91 Å².